The summed E-state index contributed by atoms with van der Waals surface area (Å²) >= 11 is 6.16. The second-order valence-electron chi connectivity index (χ2n) is 4.77. The summed E-state index contributed by atoms with van der Waals surface area (Å²) < 4.78 is 10.3. The third-order valence-electron chi connectivity index (χ3n) is 3.26. The molecule has 120 valence electrons. The number of hydrogen-bond acceptors (Lipinski definition) is 3. The van der Waals surface area contributed by atoms with Crippen LogP contribution >= 0.6 is 11.6 Å². The molecule has 0 bridgehead atoms. The molecule has 2 rings (SSSR count). The first-order valence-corrected chi connectivity index (χ1v) is 7.41. The van der Waals surface area contributed by atoms with Crippen molar-refractivity contribution in [3.05, 3.63) is 60.3 Å². The molecule has 0 atom stereocenters. The Balaban J connectivity index is 2.31. The van der Waals surface area contributed by atoms with Gasteiger partial charge in [0.15, 0.2) is 0 Å². The van der Waals surface area contributed by atoms with Crippen LogP contribution in [0.4, 0.5) is 11.4 Å². The predicted molar refractivity (Wildman–Crippen MR) is 96.2 cm³/mol. The van der Waals surface area contributed by atoms with Gasteiger partial charge in [-0.25, -0.2) is 4.99 Å². The Morgan fingerprint density at radius 2 is 1.43 bits per heavy atom. The minimum Gasteiger partial charge on any atom is -0.497 e. The van der Waals surface area contributed by atoms with Crippen molar-refractivity contribution in [1.29, 1.82) is 0 Å². The molecule has 2 aromatic rings. The van der Waals surface area contributed by atoms with Gasteiger partial charge in [-0.1, -0.05) is 18.2 Å². The molecule has 0 amide bonds. The summed E-state index contributed by atoms with van der Waals surface area (Å²) in [7, 11) is 3.26. The molecule has 0 aliphatic rings. The van der Waals surface area contributed by atoms with E-state index in [1.165, 1.54) is 0 Å². The van der Waals surface area contributed by atoms with Crippen LogP contribution in [-0.2, 0) is 0 Å². The van der Waals surface area contributed by atoms with Crippen LogP contribution in [0.3, 0.4) is 0 Å². The molecule has 0 aliphatic heterocycles. The van der Waals surface area contributed by atoms with Gasteiger partial charge < -0.3 is 9.47 Å². The molecule has 0 saturated heterocycles. The molecule has 2 aromatic carbocycles. The highest BCUT2D eigenvalue weighted by molar-refractivity contribution is 6.33. The van der Waals surface area contributed by atoms with E-state index >= 15 is 0 Å². The first-order chi connectivity index (χ1) is 11.0. The lowest BCUT2D eigenvalue weighted by Crippen LogP contribution is -2.25. The molecule has 5 heteroatoms. The number of benzene rings is 2. The van der Waals surface area contributed by atoms with Gasteiger partial charge in [-0.15, -0.1) is 0 Å². The summed E-state index contributed by atoms with van der Waals surface area (Å²) in [5.41, 5.74) is 1.67. The standard InChI is InChI=1S/C18H19ClN2O2/c1-13(19)21(16-7-11-18(23-4)12-8-16)14(2)20-15-5-9-17(22-3)10-6-15/h5-12H,1H2,2-4H3. The number of amidine groups is 1. The molecule has 0 saturated carbocycles. The first kappa shape index (κ1) is 16.9. The van der Waals surface area contributed by atoms with Gasteiger partial charge in [0.2, 0.25) is 0 Å². The summed E-state index contributed by atoms with van der Waals surface area (Å²) in [4.78, 5) is 6.35. The van der Waals surface area contributed by atoms with Crippen LogP contribution in [0, 0.1) is 0 Å². The number of halogens is 1. The quantitative estimate of drug-likeness (QED) is 0.441. The SMILES string of the molecule is C=C(Cl)N(C(C)=Nc1ccc(OC)cc1)c1ccc(OC)cc1. The van der Waals surface area contributed by atoms with Crippen LogP contribution in [0.1, 0.15) is 6.92 Å². The highest BCUT2D eigenvalue weighted by atomic mass is 35.5. The van der Waals surface area contributed by atoms with Crippen molar-refractivity contribution in [2.24, 2.45) is 4.99 Å². The lowest BCUT2D eigenvalue weighted by molar-refractivity contribution is 0.415. The number of hydrogen-bond donors (Lipinski definition) is 0. The summed E-state index contributed by atoms with van der Waals surface area (Å²) in [6, 6.07) is 15.0. The molecular formula is C18H19ClN2O2. The van der Waals surface area contributed by atoms with E-state index in [1.807, 2.05) is 55.5 Å². The smallest absolute Gasteiger partial charge is 0.119 e. The van der Waals surface area contributed by atoms with E-state index in [2.05, 4.69) is 11.6 Å². The monoisotopic (exact) mass is 330 g/mol. The molecule has 0 unspecified atom stereocenters. The molecule has 0 heterocycles. The second-order valence-corrected chi connectivity index (χ2v) is 5.20. The fourth-order valence-corrected chi connectivity index (χ4v) is 2.35. The maximum Gasteiger partial charge on any atom is 0.119 e. The topological polar surface area (TPSA) is 34.1 Å². The van der Waals surface area contributed by atoms with Crippen LogP contribution in [0.25, 0.3) is 0 Å². The van der Waals surface area contributed by atoms with Crippen molar-refractivity contribution < 1.29 is 9.47 Å². The number of anilines is 1. The number of aliphatic imine (C=N–C) groups is 1. The van der Waals surface area contributed by atoms with Gasteiger partial charge in [-0.3, -0.25) is 4.90 Å². The average molecular weight is 331 g/mol. The van der Waals surface area contributed by atoms with Crippen molar-refractivity contribution in [2.45, 2.75) is 6.92 Å². The number of rotatable bonds is 5. The van der Waals surface area contributed by atoms with Crippen molar-refractivity contribution >= 4 is 28.8 Å². The van der Waals surface area contributed by atoms with Gasteiger partial charge in [0.25, 0.3) is 0 Å². The fraction of sp³-hybridized carbons (Fsp3) is 0.167. The Kier molecular flexibility index (Phi) is 5.66. The van der Waals surface area contributed by atoms with Gasteiger partial charge in [-0.05, 0) is 55.5 Å². The highest BCUT2D eigenvalue weighted by Crippen LogP contribution is 2.26. The van der Waals surface area contributed by atoms with E-state index in [0.717, 1.165) is 22.9 Å². The molecule has 0 radical (unpaired) electrons. The Hall–Kier alpha value is -2.46. The zero-order valence-corrected chi connectivity index (χ0v) is 14.2. The normalized spacial score (nSPS) is 11.0. The van der Waals surface area contributed by atoms with E-state index in [0.29, 0.717) is 11.0 Å². The summed E-state index contributed by atoms with van der Waals surface area (Å²) in [6.45, 7) is 5.70. The predicted octanol–water partition coefficient (Wildman–Crippen LogP) is 4.97. The van der Waals surface area contributed by atoms with Crippen LogP contribution in [0.5, 0.6) is 11.5 Å². The van der Waals surface area contributed by atoms with Gasteiger partial charge in [0, 0.05) is 5.69 Å². The van der Waals surface area contributed by atoms with Gasteiger partial charge in [-0.2, -0.15) is 0 Å². The van der Waals surface area contributed by atoms with E-state index < -0.39 is 0 Å². The lowest BCUT2D eigenvalue weighted by Gasteiger charge is -2.23. The third-order valence-corrected chi connectivity index (χ3v) is 3.43. The van der Waals surface area contributed by atoms with E-state index in [9.17, 15) is 0 Å². The lowest BCUT2D eigenvalue weighted by atomic mass is 10.2. The second kappa shape index (κ2) is 7.70. The number of ether oxygens (including phenoxy) is 2. The summed E-state index contributed by atoms with van der Waals surface area (Å²) in [5, 5.41) is 0.366. The maximum absolute atomic E-state index is 6.16. The number of nitrogens with zero attached hydrogens (tertiary/aromatic N) is 2. The molecule has 0 aliphatic carbocycles. The maximum atomic E-state index is 6.16. The molecule has 0 spiro atoms. The molecule has 0 fully saturated rings. The van der Waals surface area contributed by atoms with Gasteiger partial charge >= 0.3 is 0 Å². The molecule has 4 nitrogen and oxygen atoms in total. The average Bonchev–Trinajstić information content (AvgIpc) is 2.56. The minimum absolute atomic E-state index is 0.366. The van der Waals surface area contributed by atoms with Crippen LogP contribution in [-0.4, -0.2) is 20.1 Å². The highest BCUT2D eigenvalue weighted by Gasteiger charge is 2.12. The Labute approximate surface area is 141 Å². The number of methoxy groups -OCH3 is 2. The first-order valence-electron chi connectivity index (χ1n) is 7.03. The zero-order valence-electron chi connectivity index (χ0n) is 13.4. The van der Waals surface area contributed by atoms with Crippen molar-refractivity contribution in [2.75, 3.05) is 19.1 Å². The molecule has 0 aromatic heterocycles. The molecule has 0 N–H and O–H groups in total. The minimum atomic E-state index is 0.366. The molecular weight excluding hydrogens is 312 g/mol. The Morgan fingerprint density at radius 3 is 1.87 bits per heavy atom. The van der Waals surface area contributed by atoms with Crippen molar-refractivity contribution in [3.8, 4) is 11.5 Å². The summed E-state index contributed by atoms with van der Waals surface area (Å²) in [5.74, 6) is 2.27. The van der Waals surface area contributed by atoms with Crippen molar-refractivity contribution in [1.82, 2.24) is 0 Å². The summed E-state index contributed by atoms with van der Waals surface area (Å²) in [6.07, 6.45) is 0. The zero-order chi connectivity index (χ0) is 16.8. The van der Waals surface area contributed by atoms with E-state index in [-0.39, 0.29) is 0 Å². The van der Waals surface area contributed by atoms with E-state index in [1.54, 1.807) is 19.1 Å². The fourth-order valence-electron chi connectivity index (χ4n) is 2.13. The molecule has 23 heavy (non-hydrogen) atoms. The van der Waals surface area contributed by atoms with Crippen molar-refractivity contribution in [3.63, 3.8) is 0 Å². The van der Waals surface area contributed by atoms with Crippen LogP contribution in [0.2, 0.25) is 0 Å². The Bertz CT molecular complexity index is 694. The van der Waals surface area contributed by atoms with Crippen LogP contribution in [0.15, 0.2) is 65.3 Å². The largest absolute Gasteiger partial charge is 0.497 e. The van der Waals surface area contributed by atoms with E-state index in [4.69, 9.17) is 21.1 Å². The third kappa shape index (κ3) is 4.27. The van der Waals surface area contributed by atoms with Gasteiger partial charge in [0.05, 0.1) is 19.9 Å². The Morgan fingerprint density at radius 1 is 0.957 bits per heavy atom. The van der Waals surface area contributed by atoms with Gasteiger partial charge in [0.1, 0.15) is 22.5 Å². The van der Waals surface area contributed by atoms with Crippen LogP contribution < -0.4 is 14.4 Å².